The fraction of sp³-hybridized carbons (Fsp3) is 0.529. The quantitative estimate of drug-likeness (QED) is 0.876. The van der Waals surface area contributed by atoms with Gasteiger partial charge in [-0.1, -0.05) is 36.8 Å². The van der Waals surface area contributed by atoms with Crippen LogP contribution in [0.4, 0.5) is 0 Å². The lowest BCUT2D eigenvalue weighted by Gasteiger charge is -2.45. The fourth-order valence-electron chi connectivity index (χ4n) is 3.21. The first-order valence-electron chi connectivity index (χ1n) is 7.59. The molecule has 2 rings (SSSR count). The molecule has 1 atom stereocenters. The van der Waals surface area contributed by atoms with E-state index in [4.69, 9.17) is 5.11 Å². The van der Waals surface area contributed by atoms with Gasteiger partial charge in [0.15, 0.2) is 0 Å². The van der Waals surface area contributed by atoms with E-state index in [9.17, 15) is 9.59 Å². The number of carboxylic acids is 1. The van der Waals surface area contributed by atoms with Gasteiger partial charge in [-0.25, -0.2) is 0 Å². The minimum absolute atomic E-state index is 0.00947. The van der Waals surface area contributed by atoms with Crippen LogP contribution in [0.3, 0.4) is 0 Å². The molecule has 0 spiro atoms. The van der Waals surface area contributed by atoms with Gasteiger partial charge < -0.3 is 10.0 Å². The highest BCUT2D eigenvalue weighted by Gasteiger charge is 2.48. The Morgan fingerprint density at radius 1 is 1.29 bits per heavy atom. The Bertz CT molecular complexity index is 508. The van der Waals surface area contributed by atoms with E-state index < -0.39 is 11.4 Å². The molecule has 1 aliphatic rings. The Balaban J connectivity index is 2.25. The normalized spacial score (nSPS) is 17.6. The first-order valence-corrected chi connectivity index (χ1v) is 7.59. The molecule has 1 amide bonds. The van der Waals surface area contributed by atoms with Crippen LogP contribution < -0.4 is 0 Å². The minimum atomic E-state index is -0.865. The molecule has 1 N–H and O–H groups in total. The molecule has 0 aromatic heterocycles. The highest BCUT2D eigenvalue weighted by Crippen LogP contribution is 2.45. The molecule has 4 nitrogen and oxygen atoms in total. The third-order valence-electron chi connectivity index (χ3n) is 4.55. The largest absolute Gasteiger partial charge is 0.481 e. The molecule has 0 bridgehead atoms. The number of likely N-dealkylation sites (N-methyl/N-ethyl adjacent to an activating group) is 1. The fourth-order valence-corrected chi connectivity index (χ4v) is 3.21. The number of hydrogen-bond donors (Lipinski definition) is 1. The monoisotopic (exact) mass is 289 g/mol. The number of nitrogens with zero attached hydrogens (tertiary/aromatic N) is 1. The van der Waals surface area contributed by atoms with Crippen molar-refractivity contribution in [3.05, 3.63) is 35.9 Å². The maximum absolute atomic E-state index is 13.0. The van der Waals surface area contributed by atoms with E-state index in [1.165, 1.54) is 0 Å². The Morgan fingerprint density at radius 3 is 2.33 bits per heavy atom. The number of rotatable bonds is 6. The summed E-state index contributed by atoms with van der Waals surface area (Å²) in [6.45, 7) is 4.27. The highest BCUT2D eigenvalue weighted by molar-refractivity contribution is 5.89. The van der Waals surface area contributed by atoms with Crippen LogP contribution in [-0.4, -0.2) is 34.5 Å². The van der Waals surface area contributed by atoms with Crippen molar-refractivity contribution in [2.45, 2.75) is 51.0 Å². The predicted molar refractivity (Wildman–Crippen MR) is 81.1 cm³/mol. The summed E-state index contributed by atoms with van der Waals surface area (Å²) in [6.07, 6.45) is 2.74. The number of carboxylic acid groups (broad SMARTS) is 1. The summed E-state index contributed by atoms with van der Waals surface area (Å²) in [5.74, 6) is -0.785. The minimum Gasteiger partial charge on any atom is -0.481 e. The van der Waals surface area contributed by atoms with Crippen molar-refractivity contribution >= 4 is 11.9 Å². The molecule has 1 unspecified atom stereocenters. The van der Waals surface area contributed by atoms with Gasteiger partial charge in [0, 0.05) is 12.6 Å². The van der Waals surface area contributed by atoms with E-state index in [2.05, 4.69) is 0 Å². The Kier molecular flexibility index (Phi) is 4.66. The number of aliphatic carboxylic acids is 1. The van der Waals surface area contributed by atoms with Crippen LogP contribution in [0.2, 0.25) is 0 Å². The van der Waals surface area contributed by atoms with E-state index in [-0.39, 0.29) is 18.4 Å². The number of benzene rings is 1. The van der Waals surface area contributed by atoms with Gasteiger partial charge in [-0.15, -0.1) is 0 Å². The van der Waals surface area contributed by atoms with Gasteiger partial charge in [0.05, 0.1) is 11.8 Å². The van der Waals surface area contributed by atoms with Gasteiger partial charge in [-0.3, -0.25) is 9.59 Å². The van der Waals surface area contributed by atoms with Crippen LogP contribution in [0.1, 0.15) is 45.1 Å². The summed E-state index contributed by atoms with van der Waals surface area (Å²) >= 11 is 0. The lowest BCUT2D eigenvalue weighted by atomic mass is 9.63. The van der Waals surface area contributed by atoms with Crippen LogP contribution >= 0.6 is 0 Å². The van der Waals surface area contributed by atoms with Crippen LogP contribution in [0.25, 0.3) is 0 Å². The molecule has 0 heterocycles. The molecular formula is C17H23NO3. The molecule has 114 valence electrons. The first-order chi connectivity index (χ1) is 10.0. The Hall–Kier alpha value is -1.84. The van der Waals surface area contributed by atoms with Crippen LogP contribution in [0.15, 0.2) is 30.3 Å². The van der Waals surface area contributed by atoms with Crippen LogP contribution in [0, 0.1) is 0 Å². The van der Waals surface area contributed by atoms with Crippen molar-refractivity contribution in [2.24, 2.45) is 0 Å². The first kappa shape index (κ1) is 15.5. The van der Waals surface area contributed by atoms with Crippen molar-refractivity contribution in [1.29, 1.82) is 0 Å². The maximum Gasteiger partial charge on any atom is 0.305 e. The summed E-state index contributed by atoms with van der Waals surface area (Å²) in [6, 6.07) is 9.60. The summed E-state index contributed by atoms with van der Waals surface area (Å²) in [7, 11) is 0. The molecule has 1 saturated carbocycles. The Labute approximate surface area is 125 Å². The summed E-state index contributed by atoms with van der Waals surface area (Å²) < 4.78 is 0. The molecule has 0 aliphatic heterocycles. The molecule has 1 aromatic carbocycles. The lowest BCUT2D eigenvalue weighted by Crippen LogP contribution is -2.53. The van der Waals surface area contributed by atoms with Gasteiger partial charge in [0.1, 0.15) is 0 Å². The number of carbonyl (C=O) groups is 2. The molecule has 1 aliphatic carbocycles. The van der Waals surface area contributed by atoms with E-state index in [1.54, 1.807) is 4.90 Å². The predicted octanol–water partition coefficient (Wildman–Crippen LogP) is 2.82. The zero-order valence-corrected chi connectivity index (χ0v) is 12.7. The molecule has 1 aromatic rings. The number of carbonyl (C=O) groups excluding carboxylic acids is 1. The lowest BCUT2D eigenvalue weighted by molar-refractivity contribution is -0.145. The van der Waals surface area contributed by atoms with Crippen LogP contribution in [-0.2, 0) is 15.0 Å². The van der Waals surface area contributed by atoms with E-state index in [1.807, 2.05) is 44.2 Å². The standard InChI is InChI=1S/C17H23NO3/c1-3-18(13(2)12-15(19)20)16(21)17(10-7-11-17)14-8-5-4-6-9-14/h4-6,8-9,13H,3,7,10-12H2,1-2H3,(H,19,20). The molecule has 1 fully saturated rings. The third-order valence-corrected chi connectivity index (χ3v) is 4.55. The van der Waals surface area contributed by atoms with Crippen molar-refractivity contribution in [3.8, 4) is 0 Å². The van der Waals surface area contributed by atoms with Gasteiger partial charge in [0.2, 0.25) is 5.91 Å². The Morgan fingerprint density at radius 2 is 1.90 bits per heavy atom. The van der Waals surface area contributed by atoms with Crippen LogP contribution in [0.5, 0.6) is 0 Å². The van der Waals surface area contributed by atoms with Crippen molar-refractivity contribution < 1.29 is 14.7 Å². The summed E-state index contributed by atoms with van der Waals surface area (Å²) in [4.78, 5) is 25.7. The molecule has 4 heteroatoms. The smallest absolute Gasteiger partial charge is 0.305 e. The molecule has 21 heavy (non-hydrogen) atoms. The number of amides is 1. The van der Waals surface area contributed by atoms with Gasteiger partial charge in [-0.05, 0) is 32.3 Å². The van der Waals surface area contributed by atoms with E-state index >= 15 is 0 Å². The van der Waals surface area contributed by atoms with Gasteiger partial charge in [-0.2, -0.15) is 0 Å². The summed E-state index contributed by atoms with van der Waals surface area (Å²) in [5.41, 5.74) is 0.617. The molecule has 0 radical (unpaired) electrons. The second-order valence-corrected chi connectivity index (χ2v) is 5.84. The van der Waals surface area contributed by atoms with Gasteiger partial charge >= 0.3 is 5.97 Å². The average molecular weight is 289 g/mol. The zero-order valence-electron chi connectivity index (χ0n) is 12.7. The molecular weight excluding hydrogens is 266 g/mol. The van der Waals surface area contributed by atoms with Gasteiger partial charge in [0.25, 0.3) is 0 Å². The van der Waals surface area contributed by atoms with Crippen molar-refractivity contribution in [2.75, 3.05) is 6.54 Å². The topological polar surface area (TPSA) is 57.6 Å². The SMILES string of the molecule is CCN(C(=O)C1(c2ccccc2)CCC1)C(C)CC(=O)O. The van der Waals surface area contributed by atoms with E-state index in [0.717, 1.165) is 24.8 Å². The maximum atomic E-state index is 13.0. The summed E-state index contributed by atoms with van der Waals surface area (Å²) in [5, 5.41) is 8.96. The van der Waals surface area contributed by atoms with E-state index in [0.29, 0.717) is 6.54 Å². The second kappa shape index (κ2) is 6.29. The average Bonchev–Trinajstić information content (AvgIpc) is 2.38. The van der Waals surface area contributed by atoms with Crippen molar-refractivity contribution in [3.63, 3.8) is 0 Å². The third kappa shape index (κ3) is 2.94. The molecule has 0 saturated heterocycles. The highest BCUT2D eigenvalue weighted by atomic mass is 16.4. The number of hydrogen-bond acceptors (Lipinski definition) is 2. The second-order valence-electron chi connectivity index (χ2n) is 5.84. The zero-order chi connectivity index (χ0) is 15.5. The van der Waals surface area contributed by atoms with Crippen molar-refractivity contribution in [1.82, 2.24) is 4.90 Å².